The van der Waals surface area contributed by atoms with Gasteiger partial charge >= 0.3 is 6.03 Å². The van der Waals surface area contributed by atoms with Crippen molar-refractivity contribution in [3.63, 3.8) is 0 Å². The molecule has 0 fully saturated rings. The van der Waals surface area contributed by atoms with Crippen LogP contribution in [-0.4, -0.2) is 42.5 Å². The topological polar surface area (TPSA) is 92.7 Å². The van der Waals surface area contributed by atoms with Crippen LogP contribution < -0.4 is 20.1 Å². The molecule has 0 bridgehead atoms. The molecule has 8 heteroatoms. The van der Waals surface area contributed by atoms with Gasteiger partial charge in [-0.15, -0.1) is 0 Å². The van der Waals surface area contributed by atoms with E-state index < -0.39 is 18.0 Å². The number of rotatable bonds is 7. The molecule has 0 aliphatic carbocycles. The number of aliphatic hydroxyl groups is 1. The molecule has 1 heterocycles. The molecule has 7 nitrogen and oxygen atoms in total. The Balaban J connectivity index is 1.70. The highest BCUT2D eigenvalue weighted by Crippen LogP contribution is 2.12. The summed E-state index contributed by atoms with van der Waals surface area (Å²) in [4.78, 5) is 15.7. The number of methoxy groups -OCH3 is 1. The van der Waals surface area contributed by atoms with Gasteiger partial charge in [0.25, 0.3) is 0 Å². The molecule has 2 amide bonds. The van der Waals surface area contributed by atoms with E-state index in [9.17, 15) is 14.3 Å². The van der Waals surface area contributed by atoms with Gasteiger partial charge in [0, 0.05) is 18.7 Å². The molecule has 0 unspecified atom stereocenters. The Morgan fingerprint density at radius 1 is 1.38 bits per heavy atom. The van der Waals surface area contributed by atoms with Gasteiger partial charge in [0.2, 0.25) is 5.88 Å². The first-order chi connectivity index (χ1) is 11.6. The fourth-order valence-corrected chi connectivity index (χ4v) is 1.77. The monoisotopic (exact) mass is 335 g/mol. The maximum atomic E-state index is 13.0. The van der Waals surface area contributed by atoms with E-state index in [1.807, 2.05) is 0 Å². The summed E-state index contributed by atoms with van der Waals surface area (Å²) in [5.74, 6) is 0.321. The summed E-state index contributed by atoms with van der Waals surface area (Å²) >= 11 is 0. The van der Waals surface area contributed by atoms with E-state index in [2.05, 4.69) is 15.6 Å². The predicted molar refractivity (Wildman–Crippen MR) is 85.7 cm³/mol. The molecule has 2 aromatic rings. The average molecular weight is 335 g/mol. The number of pyridine rings is 1. The molecule has 0 aliphatic rings. The predicted octanol–water partition coefficient (Wildman–Crippen LogP) is 1.79. The number of urea groups is 1. The fourth-order valence-electron chi connectivity index (χ4n) is 1.77. The smallest absolute Gasteiger partial charge is 0.319 e. The minimum Gasteiger partial charge on any atom is -0.491 e. The highest BCUT2D eigenvalue weighted by atomic mass is 19.1. The van der Waals surface area contributed by atoms with Gasteiger partial charge in [0.05, 0.1) is 19.0 Å². The van der Waals surface area contributed by atoms with Crippen LogP contribution >= 0.6 is 0 Å². The second kappa shape index (κ2) is 8.68. The summed E-state index contributed by atoms with van der Waals surface area (Å²) in [7, 11) is 1.50. The first-order valence-electron chi connectivity index (χ1n) is 7.18. The van der Waals surface area contributed by atoms with Gasteiger partial charge in [0.15, 0.2) is 0 Å². The number of nitrogens with zero attached hydrogens (tertiary/aromatic N) is 1. The third-order valence-electron chi connectivity index (χ3n) is 2.94. The number of aromatic nitrogens is 1. The molecule has 128 valence electrons. The Hall–Kier alpha value is -2.87. The van der Waals surface area contributed by atoms with Crippen molar-refractivity contribution in [3.05, 3.63) is 48.4 Å². The van der Waals surface area contributed by atoms with Crippen LogP contribution in [0.25, 0.3) is 0 Å². The lowest BCUT2D eigenvalue weighted by molar-refractivity contribution is 0.108. The Kier molecular flexibility index (Phi) is 6.32. The minimum atomic E-state index is -0.937. The molecular formula is C16H18FN3O4. The number of nitrogens with one attached hydrogen (secondary N) is 2. The number of benzene rings is 1. The second-order valence-electron chi connectivity index (χ2n) is 4.85. The van der Waals surface area contributed by atoms with Gasteiger partial charge in [0.1, 0.15) is 24.3 Å². The second-order valence-corrected chi connectivity index (χ2v) is 4.85. The molecule has 2 rings (SSSR count). The van der Waals surface area contributed by atoms with Gasteiger partial charge in [-0.25, -0.2) is 14.2 Å². The van der Waals surface area contributed by atoms with Gasteiger partial charge in [-0.3, -0.25) is 0 Å². The van der Waals surface area contributed by atoms with Crippen molar-refractivity contribution >= 4 is 11.7 Å². The number of halogens is 1. The lowest BCUT2D eigenvalue weighted by atomic mass is 10.3. The Morgan fingerprint density at radius 3 is 2.88 bits per heavy atom. The Bertz CT molecular complexity index is 667. The SMILES string of the molecule is COc1ccc(NC(=O)NC[C@H](O)COc2cccc(F)c2)cn1. The summed E-state index contributed by atoms with van der Waals surface area (Å²) in [5.41, 5.74) is 0.485. The maximum absolute atomic E-state index is 13.0. The van der Waals surface area contributed by atoms with Crippen molar-refractivity contribution in [2.75, 3.05) is 25.6 Å². The van der Waals surface area contributed by atoms with Crippen molar-refractivity contribution in [1.29, 1.82) is 0 Å². The number of carbonyl (C=O) groups is 1. The van der Waals surface area contributed by atoms with E-state index >= 15 is 0 Å². The van der Waals surface area contributed by atoms with Crippen LogP contribution in [0.2, 0.25) is 0 Å². The fraction of sp³-hybridized carbons (Fsp3) is 0.250. The van der Waals surface area contributed by atoms with Crippen LogP contribution in [0.4, 0.5) is 14.9 Å². The molecule has 24 heavy (non-hydrogen) atoms. The van der Waals surface area contributed by atoms with E-state index in [1.165, 1.54) is 31.5 Å². The van der Waals surface area contributed by atoms with E-state index in [-0.39, 0.29) is 13.2 Å². The average Bonchev–Trinajstić information content (AvgIpc) is 2.59. The van der Waals surface area contributed by atoms with Crippen molar-refractivity contribution in [2.45, 2.75) is 6.10 Å². The van der Waals surface area contributed by atoms with Crippen molar-refractivity contribution < 1.29 is 23.8 Å². The van der Waals surface area contributed by atoms with Crippen molar-refractivity contribution in [1.82, 2.24) is 10.3 Å². The van der Waals surface area contributed by atoms with E-state index in [1.54, 1.807) is 18.2 Å². The van der Waals surface area contributed by atoms with E-state index in [4.69, 9.17) is 9.47 Å². The van der Waals surface area contributed by atoms with Gasteiger partial charge < -0.3 is 25.2 Å². The highest BCUT2D eigenvalue weighted by Gasteiger charge is 2.09. The molecule has 0 saturated heterocycles. The molecule has 3 N–H and O–H groups in total. The lowest BCUT2D eigenvalue weighted by Crippen LogP contribution is -2.37. The number of amides is 2. The minimum absolute atomic E-state index is 0.0231. The van der Waals surface area contributed by atoms with Gasteiger partial charge in [-0.1, -0.05) is 6.07 Å². The molecule has 1 aromatic carbocycles. The normalized spacial score (nSPS) is 11.5. The third kappa shape index (κ3) is 5.73. The number of hydrogen-bond donors (Lipinski definition) is 3. The molecule has 1 atom stereocenters. The summed E-state index contributed by atoms with van der Waals surface area (Å²) in [6, 6.07) is 8.34. The van der Waals surface area contributed by atoms with Crippen molar-refractivity contribution in [2.24, 2.45) is 0 Å². The molecule has 0 radical (unpaired) electrons. The number of ether oxygens (including phenoxy) is 2. The Labute approximate surface area is 138 Å². The van der Waals surface area contributed by atoms with Gasteiger partial charge in [-0.05, 0) is 18.2 Å². The largest absolute Gasteiger partial charge is 0.491 e. The van der Waals surface area contributed by atoms with E-state index in [0.717, 1.165) is 0 Å². The van der Waals surface area contributed by atoms with Crippen LogP contribution in [0.1, 0.15) is 0 Å². The first kappa shape index (κ1) is 17.5. The van der Waals surface area contributed by atoms with Crippen molar-refractivity contribution in [3.8, 4) is 11.6 Å². The van der Waals surface area contributed by atoms with Crippen LogP contribution in [0.5, 0.6) is 11.6 Å². The summed E-state index contributed by atoms with van der Waals surface area (Å²) < 4.78 is 23.1. The zero-order chi connectivity index (χ0) is 17.4. The molecular weight excluding hydrogens is 317 g/mol. The number of hydrogen-bond acceptors (Lipinski definition) is 5. The maximum Gasteiger partial charge on any atom is 0.319 e. The number of carbonyl (C=O) groups excluding carboxylic acids is 1. The third-order valence-corrected chi connectivity index (χ3v) is 2.94. The Morgan fingerprint density at radius 2 is 2.21 bits per heavy atom. The first-order valence-corrected chi connectivity index (χ1v) is 7.18. The number of anilines is 1. The molecule has 0 aliphatic heterocycles. The summed E-state index contributed by atoms with van der Waals surface area (Å²) in [6.07, 6.45) is 0.509. The summed E-state index contributed by atoms with van der Waals surface area (Å²) in [5, 5.41) is 14.8. The van der Waals surface area contributed by atoms with Crippen LogP contribution in [0, 0.1) is 5.82 Å². The summed E-state index contributed by atoms with van der Waals surface area (Å²) in [6.45, 7) is -0.0987. The molecule has 0 saturated carbocycles. The lowest BCUT2D eigenvalue weighted by Gasteiger charge is -2.14. The standard InChI is InChI=1S/C16H18FN3O4/c1-23-15-6-5-12(8-18-15)20-16(22)19-9-13(21)10-24-14-4-2-3-11(17)7-14/h2-8,13,21H,9-10H2,1H3,(H2,19,20,22)/t13-/m0/s1. The van der Waals surface area contributed by atoms with Crippen LogP contribution in [-0.2, 0) is 0 Å². The zero-order valence-corrected chi connectivity index (χ0v) is 13.0. The number of aliphatic hydroxyl groups excluding tert-OH is 1. The van der Waals surface area contributed by atoms with E-state index in [0.29, 0.717) is 17.3 Å². The zero-order valence-electron chi connectivity index (χ0n) is 13.0. The highest BCUT2D eigenvalue weighted by molar-refractivity contribution is 5.89. The molecule has 0 spiro atoms. The van der Waals surface area contributed by atoms with Gasteiger partial charge in [-0.2, -0.15) is 0 Å². The van der Waals surface area contributed by atoms with Crippen LogP contribution in [0.15, 0.2) is 42.6 Å². The van der Waals surface area contributed by atoms with Crippen LogP contribution in [0.3, 0.4) is 0 Å². The molecule has 1 aromatic heterocycles. The quantitative estimate of drug-likeness (QED) is 0.717.